The molecule has 1 aliphatic heterocycles. The maximum Gasteiger partial charge on any atom is 0.225 e. The van der Waals surface area contributed by atoms with Crippen molar-refractivity contribution in [3.05, 3.63) is 36.4 Å². The first kappa shape index (κ1) is 17.2. The van der Waals surface area contributed by atoms with Gasteiger partial charge in [-0.2, -0.15) is 4.98 Å². The van der Waals surface area contributed by atoms with E-state index in [1.54, 1.807) is 0 Å². The third-order valence-electron chi connectivity index (χ3n) is 5.04. The zero-order chi connectivity index (χ0) is 17.8. The van der Waals surface area contributed by atoms with E-state index < -0.39 is 0 Å². The van der Waals surface area contributed by atoms with Crippen molar-refractivity contribution in [3.8, 4) is 11.3 Å². The number of anilines is 2. The highest BCUT2D eigenvalue weighted by Crippen LogP contribution is 2.26. The number of aromatic nitrogens is 2. The predicted molar refractivity (Wildman–Crippen MR) is 107 cm³/mol. The van der Waals surface area contributed by atoms with Gasteiger partial charge in [0.1, 0.15) is 5.82 Å². The van der Waals surface area contributed by atoms with Crippen LogP contribution in [0.3, 0.4) is 0 Å². The molecule has 1 saturated carbocycles. The van der Waals surface area contributed by atoms with E-state index in [1.165, 1.54) is 12.8 Å². The largest absolute Gasteiger partial charge is 0.369 e. The van der Waals surface area contributed by atoms with Crippen molar-refractivity contribution in [2.24, 2.45) is 0 Å². The molecule has 6 nitrogen and oxygen atoms in total. The zero-order valence-electron chi connectivity index (χ0n) is 15.5. The Labute approximate surface area is 155 Å². The maximum absolute atomic E-state index is 4.71. The molecular weight excluding hydrogens is 324 g/mol. The van der Waals surface area contributed by atoms with Crippen LogP contribution in [0.1, 0.15) is 12.8 Å². The molecule has 1 aromatic carbocycles. The topological polar surface area (TPSA) is 56.3 Å². The van der Waals surface area contributed by atoms with Crippen LogP contribution in [0.5, 0.6) is 0 Å². The Morgan fingerprint density at radius 2 is 1.81 bits per heavy atom. The molecule has 26 heavy (non-hydrogen) atoms. The smallest absolute Gasteiger partial charge is 0.225 e. The summed E-state index contributed by atoms with van der Waals surface area (Å²) in [4.78, 5) is 14.3. The average Bonchev–Trinajstić information content (AvgIpc) is 3.48. The molecule has 4 rings (SSSR count). The van der Waals surface area contributed by atoms with Crippen molar-refractivity contribution in [2.75, 3.05) is 56.9 Å². The highest BCUT2D eigenvalue weighted by Gasteiger charge is 2.22. The minimum absolute atomic E-state index is 0.541. The fourth-order valence-electron chi connectivity index (χ4n) is 3.18. The third kappa shape index (κ3) is 4.71. The summed E-state index contributed by atoms with van der Waals surface area (Å²) in [7, 11) is 2.19. The molecule has 0 radical (unpaired) electrons. The number of benzene rings is 1. The van der Waals surface area contributed by atoms with Crippen molar-refractivity contribution in [1.29, 1.82) is 0 Å². The van der Waals surface area contributed by atoms with Gasteiger partial charge in [-0.3, -0.25) is 4.90 Å². The van der Waals surface area contributed by atoms with E-state index in [0.29, 0.717) is 6.04 Å². The monoisotopic (exact) mass is 352 g/mol. The van der Waals surface area contributed by atoms with E-state index >= 15 is 0 Å². The lowest BCUT2D eigenvalue weighted by Gasteiger charge is -2.32. The van der Waals surface area contributed by atoms with Gasteiger partial charge in [-0.1, -0.05) is 30.3 Å². The minimum Gasteiger partial charge on any atom is -0.369 e. The summed E-state index contributed by atoms with van der Waals surface area (Å²) in [5, 5.41) is 6.93. The molecule has 0 unspecified atom stereocenters. The standard InChI is InChI=1S/C20H28N6/c1-25-11-13-26(14-12-25)10-9-21-19-15-18(16-5-3-2-4-6-16)23-20(24-19)22-17-7-8-17/h2-6,15,17H,7-14H2,1H3,(H2,21,22,23,24). The molecule has 2 aromatic rings. The quantitative estimate of drug-likeness (QED) is 0.798. The number of piperazine rings is 1. The van der Waals surface area contributed by atoms with Gasteiger partial charge in [-0.05, 0) is 19.9 Å². The van der Waals surface area contributed by atoms with Crippen molar-refractivity contribution < 1.29 is 0 Å². The van der Waals surface area contributed by atoms with Gasteiger partial charge in [-0.15, -0.1) is 0 Å². The van der Waals surface area contributed by atoms with Crippen molar-refractivity contribution in [2.45, 2.75) is 18.9 Å². The second-order valence-electron chi connectivity index (χ2n) is 7.32. The Morgan fingerprint density at radius 3 is 2.54 bits per heavy atom. The average molecular weight is 352 g/mol. The summed E-state index contributed by atoms with van der Waals surface area (Å²) in [5.41, 5.74) is 2.08. The molecule has 1 aliphatic carbocycles. The van der Waals surface area contributed by atoms with Gasteiger partial charge < -0.3 is 15.5 Å². The lowest BCUT2D eigenvalue weighted by molar-refractivity contribution is 0.158. The number of rotatable bonds is 7. The van der Waals surface area contributed by atoms with Crippen LogP contribution in [0.25, 0.3) is 11.3 Å². The second kappa shape index (κ2) is 8.01. The zero-order valence-corrected chi connectivity index (χ0v) is 15.5. The van der Waals surface area contributed by atoms with Crippen LogP contribution < -0.4 is 10.6 Å². The van der Waals surface area contributed by atoms with E-state index in [9.17, 15) is 0 Å². The van der Waals surface area contributed by atoms with Gasteiger partial charge in [0.2, 0.25) is 5.95 Å². The highest BCUT2D eigenvalue weighted by atomic mass is 15.3. The van der Waals surface area contributed by atoms with Crippen molar-refractivity contribution in [3.63, 3.8) is 0 Å². The minimum atomic E-state index is 0.541. The number of nitrogens with one attached hydrogen (secondary N) is 2. The molecule has 1 saturated heterocycles. The predicted octanol–water partition coefficient (Wildman–Crippen LogP) is 2.38. The molecule has 0 amide bonds. The first-order valence-corrected chi connectivity index (χ1v) is 9.62. The third-order valence-corrected chi connectivity index (χ3v) is 5.04. The SMILES string of the molecule is CN1CCN(CCNc2cc(-c3ccccc3)nc(NC3CC3)n2)CC1. The summed E-state index contributed by atoms with van der Waals surface area (Å²) in [5.74, 6) is 1.63. The Hall–Kier alpha value is -2.18. The lowest BCUT2D eigenvalue weighted by Crippen LogP contribution is -2.45. The Morgan fingerprint density at radius 1 is 1.04 bits per heavy atom. The Bertz CT molecular complexity index is 707. The summed E-state index contributed by atoms with van der Waals surface area (Å²) in [6, 6.07) is 12.9. The second-order valence-corrected chi connectivity index (χ2v) is 7.32. The number of nitrogens with zero attached hydrogens (tertiary/aromatic N) is 4. The highest BCUT2D eigenvalue weighted by molar-refractivity contribution is 5.64. The summed E-state index contributed by atoms with van der Waals surface area (Å²) < 4.78 is 0. The van der Waals surface area contributed by atoms with Gasteiger partial charge in [0.05, 0.1) is 5.69 Å². The molecule has 2 fully saturated rings. The molecule has 2 heterocycles. The number of hydrogen-bond acceptors (Lipinski definition) is 6. The van der Waals surface area contributed by atoms with E-state index in [-0.39, 0.29) is 0 Å². The Balaban J connectivity index is 1.42. The first-order chi connectivity index (χ1) is 12.8. The number of hydrogen-bond donors (Lipinski definition) is 2. The van der Waals surface area contributed by atoms with E-state index in [0.717, 1.165) is 62.3 Å². The number of likely N-dealkylation sites (N-methyl/N-ethyl adjacent to an activating group) is 1. The van der Waals surface area contributed by atoms with Gasteiger partial charge in [-0.25, -0.2) is 4.98 Å². The van der Waals surface area contributed by atoms with E-state index in [4.69, 9.17) is 4.98 Å². The van der Waals surface area contributed by atoms with Crippen LogP contribution in [-0.2, 0) is 0 Å². The Kier molecular flexibility index (Phi) is 5.32. The van der Waals surface area contributed by atoms with Crippen LogP contribution in [0, 0.1) is 0 Å². The summed E-state index contributed by atoms with van der Waals surface area (Å²) in [6.07, 6.45) is 2.43. The lowest BCUT2D eigenvalue weighted by atomic mass is 10.1. The van der Waals surface area contributed by atoms with Gasteiger partial charge in [0, 0.05) is 56.9 Å². The molecule has 0 spiro atoms. The van der Waals surface area contributed by atoms with Crippen LogP contribution >= 0.6 is 0 Å². The molecule has 2 N–H and O–H groups in total. The van der Waals surface area contributed by atoms with Crippen LogP contribution in [0.15, 0.2) is 36.4 Å². The fraction of sp³-hybridized carbons (Fsp3) is 0.500. The molecule has 6 heteroatoms. The van der Waals surface area contributed by atoms with Crippen LogP contribution in [-0.4, -0.2) is 72.1 Å². The van der Waals surface area contributed by atoms with E-state index in [2.05, 4.69) is 50.7 Å². The molecule has 0 bridgehead atoms. The van der Waals surface area contributed by atoms with Gasteiger partial charge in [0.15, 0.2) is 0 Å². The summed E-state index contributed by atoms with van der Waals surface area (Å²) >= 11 is 0. The molecule has 0 atom stereocenters. The fourth-order valence-corrected chi connectivity index (χ4v) is 3.18. The molecular formula is C20H28N6. The van der Waals surface area contributed by atoms with Gasteiger partial charge in [0.25, 0.3) is 0 Å². The molecule has 138 valence electrons. The maximum atomic E-state index is 4.71. The van der Waals surface area contributed by atoms with Crippen molar-refractivity contribution in [1.82, 2.24) is 19.8 Å². The van der Waals surface area contributed by atoms with E-state index in [1.807, 2.05) is 18.2 Å². The van der Waals surface area contributed by atoms with Crippen molar-refractivity contribution >= 4 is 11.8 Å². The molecule has 2 aliphatic rings. The normalized spacial score (nSPS) is 18.7. The molecule has 1 aromatic heterocycles. The van der Waals surface area contributed by atoms with Crippen LogP contribution in [0.4, 0.5) is 11.8 Å². The van der Waals surface area contributed by atoms with Crippen LogP contribution in [0.2, 0.25) is 0 Å². The van der Waals surface area contributed by atoms with Gasteiger partial charge >= 0.3 is 0 Å². The first-order valence-electron chi connectivity index (χ1n) is 9.62. The summed E-state index contributed by atoms with van der Waals surface area (Å²) in [6.45, 7) is 6.54.